The normalized spacial score (nSPS) is 17.7. The fourth-order valence-electron chi connectivity index (χ4n) is 1.58. The number of hydrogen-bond acceptors (Lipinski definition) is 2. The SMILES string of the molecule is COc1cc(F)c(Br)c(F)c1C1(N)CC1. The van der Waals surface area contributed by atoms with Crippen molar-refractivity contribution in [1.29, 1.82) is 0 Å². The molecule has 0 bridgehead atoms. The maximum Gasteiger partial charge on any atom is 0.149 e. The van der Waals surface area contributed by atoms with E-state index in [9.17, 15) is 8.78 Å². The predicted molar refractivity (Wildman–Crippen MR) is 55.7 cm³/mol. The molecule has 82 valence electrons. The predicted octanol–water partition coefficient (Wildman–Crippen LogP) is 2.68. The minimum atomic E-state index is -0.689. The molecule has 0 aromatic heterocycles. The fraction of sp³-hybridized carbons (Fsp3) is 0.400. The molecule has 2 rings (SSSR count). The summed E-state index contributed by atoms with van der Waals surface area (Å²) in [5.41, 5.74) is 5.47. The van der Waals surface area contributed by atoms with Gasteiger partial charge in [-0.2, -0.15) is 0 Å². The van der Waals surface area contributed by atoms with Crippen LogP contribution in [0.4, 0.5) is 8.78 Å². The van der Waals surface area contributed by atoms with Gasteiger partial charge in [0.1, 0.15) is 17.4 Å². The summed E-state index contributed by atoms with van der Waals surface area (Å²) in [6.07, 6.45) is 1.39. The van der Waals surface area contributed by atoms with Crippen LogP contribution in [0.2, 0.25) is 0 Å². The number of halogens is 3. The molecule has 1 aromatic carbocycles. The largest absolute Gasteiger partial charge is 0.496 e. The molecule has 0 spiro atoms. The molecule has 0 amide bonds. The lowest BCUT2D eigenvalue weighted by atomic mass is 10.0. The van der Waals surface area contributed by atoms with Crippen LogP contribution in [0.1, 0.15) is 18.4 Å². The molecule has 15 heavy (non-hydrogen) atoms. The van der Waals surface area contributed by atoms with Gasteiger partial charge in [-0.25, -0.2) is 8.78 Å². The lowest BCUT2D eigenvalue weighted by Gasteiger charge is -2.16. The summed E-state index contributed by atoms with van der Waals surface area (Å²) in [6.45, 7) is 0. The van der Waals surface area contributed by atoms with Crippen molar-refractivity contribution >= 4 is 15.9 Å². The van der Waals surface area contributed by atoms with Crippen molar-refractivity contribution in [2.75, 3.05) is 7.11 Å². The summed E-state index contributed by atoms with van der Waals surface area (Å²) in [5.74, 6) is -1.17. The van der Waals surface area contributed by atoms with Crippen LogP contribution >= 0.6 is 15.9 Å². The molecule has 0 aliphatic heterocycles. The van der Waals surface area contributed by atoms with Crippen molar-refractivity contribution in [3.63, 3.8) is 0 Å². The Morgan fingerprint density at radius 3 is 2.53 bits per heavy atom. The standard InChI is InChI=1S/C10H10BrF2NO/c1-15-6-4-5(12)8(11)9(13)7(6)10(14)2-3-10/h4H,2-3,14H2,1H3. The van der Waals surface area contributed by atoms with E-state index in [1.165, 1.54) is 7.11 Å². The molecular weight excluding hydrogens is 268 g/mol. The summed E-state index contributed by atoms with van der Waals surface area (Å²) in [7, 11) is 1.37. The van der Waals surface area contributed by atoms with Gasteiger partial charge in [0.2, 0.25) is 0 Å². The Morgan fingerprint density at radius 2 is 2.07 bits per heavy atom. The van der Waals surface area contributed by atoms with Crippen molar-refractivity contribution in [2.45, 2.75) is 18.4 Å². The van der Waals surface area contributed by atoms with Gasteiger partial charge >= 0.3 is 0 Å². The molecule has 1 aliphatic carbocycles. The van der Waals surface area contributed by atoms with Crippen LogP contribution in [-0.4, -0.2) is 7.11 Å². The lowest BCUT2D eigenvalue weighted by molar-refractivity contribution is 0.391. The first-order valence-electron chi connectivity index (χ1n) is 4.50. The van der Waals surface area contributed by atoms with Gasteiger partial charge < -0.3 is 10.5 Å². The monoisotopic (exact) mass is 277 g/mol. The van der Waals surface area contributed by atoms with Gasteiger partial charge in [0.15, 0.2) is 0 Å². The first-order chi connectivity index (χ1) is 6.99. The van der Waals surface area contributed by atoms with Gasteiger partial charge in [-0.1, -0.05) is 0 Å². The molecule has 0 saturated heterocycles. The Labute approximate surface area is 94.5 Å². The highest BCUT2D eigenvalue weighted by Crippen LogP contribution is 2.49. The fourth-order valence-corrected chi connectivity index (χ4v) is 1.90. The molecule has 1 fully saturated rings. The molecule has 1 aliphatic rings. The average molecular weight is 278 g/mol. The Balaban J connectivity index is 2.65. The maximum atomic E-state index is 13.8. The molecule has 0 radical (unpaired) electrons. The van der Waals surface area contributed by atoms with Gasteiger partial charge in [0, 0.05) is 11.6 Å². The minimum absolute atomic E-state index is 0.174. The van der Waals surface area contributed by atoms with Crippen LogP contribution in [-0.2, 0) is 5.54 Å². The molecule has 2 nitrogen and oxygen atoms in total. The second kappa shape index (κ2) is 3.42. The lowest BCUT2D eigenvalue weighted by Crippen LogP contribution is -2.22. The Bertz CT molecular complexity index is 418. The van der Waals surface area contributed by atoms with E-state index in [1.54, 1.807) is 0 Å². The summed E-state index contributed by atoms with van der Waals surface area (Å²) < 4.78 is 31.8. The number of benzene rings is 1. The van der Waals surface area contributed by atoms with Crippen LogP contribution in [0.25, 0.3) is 0 Å². The molecule has 1 aromatic rings. The number of nitrogens with two attached hydrogens (primary N) is 1. The van der Waals surface area contributed by atoms with E-state index >= 15 is 0 Å². The van der Waals surface area contributed by atoms with Gasteiger partial charge in [-0.3, -0.25) is 0 Å². The van der Waals surface area contributed by atoms with Crippen LogP contribution < -0.4 is 10.5 Å². The third kappa shape index (κ3) is 1.63. The van der Waals surface area contributed by atoms with E-state index in [4.69, 9.17) is 10.5 Å². The highest BCUT2D eigenvalue weighted by molar-refractivity contribution is 9.10. The van der Waals surface area contributed by atoms with Crippen molar-refractivity contribution in [3.8, 4) is 5.75 Å². The Morgan fingerprint density at radius 1 is 1.47 bits per heavy atom. The zero-order chi connectivity index (χ0) is 11.2. The smallest absolute Gasteiger partial charge is 0.149 e. The van der Waals surface area contributed by atoms with Crippen LogP contribution in [0, 0.1) is 11.6 Å². The Kier molecular flexibility index (Phi) is 2.47. The highest BCUT2D eigenvalue weighted by atomic mass is 79.9. The third-order valence-electron chi connectivity index (χ3n) is 2.63. The van der Waals surface area contributed by atoms with Crippen LogP contribution in [0.5, 0.6) is 5.75 Å². The molecular formula is C10H10BrF2NO. The second-order valence-electron chi connectivity index (χ2n) is 3.72. The van der Waals surface area contributed by atoms with Gasteiger partial charge in [-0.05, 0) is 28.8 Å². The number of ether oxygens (including phenoxy) is 1. The zero-order valence-corrected chi connectivity index (χ0v) is 9.70. The molecule has 0 atom stereocenters. The van der Waals surface area contributed by atoms with Crippen molar-refractivity contribution in [1.82, 2.24) is 0 Å². The highest BCUT2D eigenvalue weighted by Gasteiger charge is 2.45. The van der Waals surface area contributed by atoms with Crippen molar-refractivity contribution < 1.29 is 13.5 Å². The molecule has 0 unspecified atom stereocenters. The summed E-state index contributed by atoms with van der Waals surface area (Å²) >= 11 is 2.85. The number of methoxy groups -OCH3 is 1. The van der Waals surface area contributed by atoms with Gasteiger partial charge in [0.05, 0.1) is 17.1 Å². The first-order valence-corrected chi connectivity index (χ1v) is 5.30. The molecule has 5 heteroatoms. The summed E-state index contributed by atoms with van der Waals surface area (Å²) in [4.78, 5) is 0. The molecule has 1 saturated carbocycles. The summed E-state index contributed by atoms with van der Waals surface area (Å²) in [5, 5.41) is 0. The number of hydrogen-bond donors (Lipinski definition) is 1. The van der Waals surface area contributed by atoms with E-state index in [0.717, 1.165) is 6.07 Å². The minimum Gasteiger partial charge on any atom is -0.496 e. The van der Waals surface area contributed by atoms with E-state index in [2.05, 4.69) is 15.9 Å². The van der Waals surface area contributed by atoms with Gasteiger partial charge in [-0.15, -0.1) is 0 Å². The molecule has 0 heterocycles. The van der Waals surface area contributed by atoms with Crippen molar-refractivity contribution in [3.05, 3.63) is 27.7 Å². The third-order valence-corrected chi connectivity index (χ3v) is 3.36. The Hall–Kier alpha value is -0.680. The second-order valence-corrected chi connectivity index (χ2v) is 4.51. The first kappa shape index (κ1) is 10.8. The summed E-state index contributed by atoms with van der Waals surface area (Å²) in [6, 6.07) is 1.15. The van der Waals surface area contributed by atoms with Gasteiger partial charge in [0.25, 0.3) is 0 Å². The van der Waals surface area contributed by atoms with Crippen LogP contribution in [0.15, 0.2) is 10.5 Å². The maximum absolute atomic E-state index is 13.8. The van der Waals surface area contributed by atoms with Crippen molar-refractivity contribution in [2.24, 2.45) is 5.73 Å². The van der Waals surface area contributed by atoms with E-state index < -0.39 is 17.2 Å². The van der Waals surface area contributed by atoms with E-state index in [1.807, 2.05) is 0 Å². The van der Waals surface area contributed by atoms with E-state index in [0.29, 0.717) is 12.8 Å². The topological polar surface area (TPSA) is 35.2 Å². The van der Waals surface area contributed by atoms with E-state index in [-0.39, 0.29) is 15.8 Å². The molecule has 2 N–H and O–H groups in total. The zero-order valence-electron chi connectivity index (χ0n) is 8.11. The average Bonchev–Trinajstić information content (AvgIpc) is 2.92. The quantitative estimate of drug-likeness (QED) is 0.844. The number of rotatable bonds is 2. The van der Waals surface area contributed by atoms with Crippen LogP contribution in [0.3, 0.4) is 0 Å².